The molecule has 19 heavy (non-hydrogen) atoms. The molecular weight excluding hydrogens is 263 g/mol. The Labute approximate surface area is 107 Å². The summed E-state index contributed by atoms with van der Waals surface area (Å²) in [6, 6.07) is 5.51. The zero-order valence-electron chi connectivity index (χ0n) is 9.98. The van der Waals surface area contributed by atoms with Crippen molar-refractivity contribution in [3.05, 3.63) is 35.4 Å². The normalized spacial score (nSPS) is 12.3. The van der Waals surface area contributed by atoms with Gasteiger partial charge in [-0.2, -0.15) is 13.2 Å². The minimum absolute atomic E-state index is 0.0239. The van der Waals surface area contributed by atoms with E-state index in [4.69, 9.17) is 10.9 Å². The van der Waals surface area contributed by atoms with Crippen molar-refractivity contribution >= 4 is 11.7 Å². The molecule has 1 aromatic rings. The summed E-state index contributed by atoms with van der Waals surface area (Å²) in [5, 5.41) is 11.3. The molecule has 0 aliphatic carbocycles. The molecule has 1 rings (SSSR count). The zero-order valence-corrected chi connectivity index (χ0v) is 9.98. The lowest BCUT2D eigenvalue weighted by Gasteiger charge is -2.19. The summed E-state index contributed by atoms with van der Waals surface area (Å²) < 4.78 is 36.5. The van der Waals surface area contributed by atoms with E-state index < -0.39 is 18.6 Å². The number of nitrogens with zero attached hydrogens (tertiary/aromatic N) is 2. The van der Waals surface area contributed by atoms with Crippen LogP contribution < -0.4 is 5.73 Å². The number of halogens is 3. The van der Waals surface area contributed by atoms with E-state index in [2.05, 4.69) is 5.16 Å². The van der Waals surface area contributed by atoms with Crippen LogP contribution in [0, 0.1) is 0 Å². The van der Waals surface area contributed by atoms with E-state index in [0.717, 1.165) is 7.05 Å². The quantitative estimate of drug-likeness (QED) is 0.379. The van der Waals surface area contributed by atoms with Crippen molar-refractivity contribution in [2.75, 3.05) is 13.6 Å². The molecule has 8 heteroatoms. The van der Waals surface area contributed by atoms with Gasteiger partial charge in [-0.05, 0) is 12.1 Å². The predicted octanol–water partition coefficient (Wildman–Crippen LogP) is 1.42. The van der Waals surface area contributed by atoms with Crippen LogP contribution in [0.1, 0.15) is 15.9 Å². The molecule has 0 aromatic heterocycles. The highest BCUT2D eigenvalue weighted by Crippen LogP contribution is 2.17. The van der Waals surface area contributed by atoms with E-state index in [-0.39, 0.29) is 17.0 Å². The first-order valence-electron chi connectivity index (χ1n) is 5.15. The Morgan fingerprint density at radius 1 is 1.42 bits per heavy atom. The molecule has 1 aromatic carbocycles. The molecule has 0 heterocycles. The summed E-state index contributed by atoms with van der Waals surface area (Å²) in [4.78, 5) is 12.3. The standard InChI is InChI=1S/C11H12F3N3O2/c1-17(6-11(12,13)14)10(18)8-4-2-3-7(5-8)9(15)16-19/h2-5,19H,6H2,1H3,(H2,15,16). The number of benzene rings is 1. The van der Waals surface area contributed by atoms with Crippen molar-refractivity contribution in [1.29, 1.82) is 0 Å². The van der Waals surface area contributed by atoms with Gasteiger partial charge < -0.3 is 15.8 Å². The molecule has 0 aliphatic rings. The second-order valence-electron chi connectivity index (χ2n) is 3.84. The van der Waals surface area contributed by atoms with Crippen LogP contribution in [0.2, 0.25) is 0 Å². The fourth-order valence-corrected chi connectivity index (χ4v) is 1.43. The van der Waals surface area contributed by atoms with Gasteiger partial charge in [-0.15, -0.1) is 0 Å². The van der Waals surface area contributed by atoms with Crippen LogP contribution in [0.25, 0.3) is 0 Å². The number of oxime groups is 1. The third kappa shape index (κ3) is 4.16. The van der Waals surface area contributed by atoms with E-state index in [1.54, 1.807) is 0 Å². The summed E-state index contributed by atoms with van der Waals surface area (Å²) in [7, 11) is 1.05. The van der Waals surface area contributed by atoms with E-state index >= 15 is 0 Å². The van der Waals surface area contributed by atoms with Crippen molar-refractivity contribution in [1.82, 2.24) is 4.90 Å². The van der Waals surface area contributed by atoms with Crippen LogP contribution in [-0.4, -0.2) is 41.6 Å². The van der Waals surface area contributed by atoms with Crippen LogP contribution in [0.3, 0.4) is 0 Å². The Bertz CT molecular complexity index is 500. The van der Waals surface area contributed by atoms with Gasteiger partial charge in [0, 0.05) is 18.2 Å². The summed E-state index contributed by atoms with van der Waals surface area (Å²) in [5.74, 6) is -1.03. The maximum Gasteiger partial charge on any atom is 0.406 e. The lowest BCUT2D eigenvalue weighted by molar-refractivity contribution is -0.138. The predicted molar refractivity (Wildman–Crippen MR) is 62.0 cm³/mol. The molecule has 1 amide bonds. The van der Waals surface area contributed by atoms with E-state index in [0.29, 0.717) is 4.90 Å². The molecule has 0 aliphatic heterocycles. The first-order valence-corrected chi connectivity index (χ1v) is 5.15. The molecule has 0 unspecified atom stereocenters. The Morgan fingerprint density at radius 3 is 2.53 bits per heavy atom. The van der Waals surface area contributed by atoms with Gasteiger partial charge in [0.05, 0.1) is 0 Å². The lowest BCUT2D eigenvalue weighted by atomic mass is 10.1. The molecule has 0 spiro atoms. The average molecular weight is 275 g/mol. The van der Waals surface area contributed by atoms with Crippen LogP contribution in [0.5, 0.6) is 0 Å². The minimum Gasteiger partial charge on any atom is -0.409 e. The Balaban J connectivity index is 2.94. The molecule has 0 radical (unpaired) electrons. The summed E-state index contributed by atoms with van der Waals surface area (Å²) in [5.41, 5.74) is 5.60. The molecule has 5 nitrogen and oxygen atoms in total. The molecule has 3 N–H and O–H groups in total. The topological polar surface area (TPSA) is 78.9 Å². The molecule has 104 valence electrons. The molecular formula is C11H12F3N3O2. The first kappa shape index (κ1) is 14.8. The fraction of sp³-hybridized carbons (Fsp3) is 0.273. The number of hydrogen-bond donors (Lipinski definition) is 2. The van der Waals surface area contributed by atoms with Gasteiger partial charge >= 0.3 is 6.18 Å². The molecule has 0 atom stereocenters. The second kappa shape index (κ2) is 5.59. The maximum absolute atomic E-state index is 12.2. The second-order valence-corrected chi connectivity index (χ2v) is 3.84. The molecule has 0 bridgehead atoms. The smallest absolute Gasteiger partial charge is 0.406 e. The van der Waals surface area contributed by atoms with Gasteiger partial charge in [0.15, 0.2) is 5.84 Å². The van der Waals surface area contributed by atoms with Crippen LogP contribution in [0.15, 0.2) is 29.4 Å². The highest BCUT2D eigenvalue weighted by molar-refractivity contribution is 6.01. The number of rotatable bonds is 3. The van der Waals surface area contributed by atoms with Crippen LogP contribution in [0.4, 0.5) is 13.2 Å². The van der Waals surface area contributed by atoms with Gasteiger partial charge in [-0.1, -0.05) is 17.3 Å². The number of amides is 1. The van der Waals surface area contributed by atoms with E-state index in [1.165, 1.54) is 24.3 Å². The zero-order chi connectivity index (χ0) is 14.6. The summed E-state index contributed by atoms with van der Waals surface area (Å²) in [6.07, 6.45) is -4.46. The number of hydrogen-bond acceptors (Lipinski definition) is 3. The van der Waals surface area contributed by atoms with E-state index in [9.17, 15) is 18.0 Å². The summed E-state index contributed by atoms with van der Waals surface area (Å²) >= 11 is 0. The Kier molecular flexibility index (Phi) is 4.36. The van der Waals surface area contributed by atoms with Gasteiger partial charge in [0.1, 0.15) is 6.54 Å². The Hall–Kier alpha value is -2.25. The summed E-state index contributed by atoms with van der Waals surface area (Å²) in [6.45, 7) is -1.35. The van der Waals surface area contributed by atoms with Crippen molar-refractivity contribution in [3.63, 3.8) is 0 Å². The highest BCUT2D eigenvalue weighted by Gasteiger charge is 2.31. The van der Waals surface area contributed by atoms with Crippen LogP contribution in [-0.2, 0) is 0 Å². The lowest BCUT2D eigenvalue weighted by Crippen LogP contribution is -2.35. The number of nitrogens with two attached hydrogens (primary N) is 1. The van der Waals surface area contributed by atoms with Crippen molar-refractivity contribution in [2.45, 2.75) is 6.18 Å². The highest BCUT2D eigenvalue weighted by atomic mass is 19.4. The third-order valence-corrected chi connectivity index (χ3v) is 2.28. The number of carbonyl (C=O) groups is 1. The van der Waals surface area contributed by atoms with Crippen molar-refractivity contribution < 1.29 is 23.2 Å². The van der Waals surface area contributed by atoms with Crippen LogP contribution >= 0.6 is 0 Å². The number of amidine groups is 1. The van der Waals surface area contributed by atoms with Gasteiger partial charge in [0.25, 0.3) is 5.91 Å². The van der Waals surface area contributed by atoms with E-state index in [1.807, 2.05) is 0 Å². The molecule has 0 saturated heterocycles. The maximum atomic E-state index is 12.2. The average Bonchev–Trinajstić information content (AvgIpc) is 2.35. The van der Waals surface area contributed by atoms with Gasteiger partial charge in [-0.25, -0.2) is 0 Å². The monoisotopic (exact) mass is 275 g/mol. The third-order valence-electron chi connectivity index (χ3n) is 2.28. The van der Waals surface area contributed by atoms with Crippen molar-refractivity contribution in [3.8, 4) is 0 Å². The molecule has 0 saturated carbocycles. The largest absolute Gasteiger partial charge is 0.409 e. The Morgan fingerprint density at radius 2 is 2.00 bits per heavy atom. The minimum atomic E-state index is -4.46. The fourth-order valence-electron chi connectivity index (χ4n) is 1.43. The molecule has 0 fully saturated rings. The van der Waals surface area contributed by atoms with Gasteiger partial charge in [-0.3, -0.25) is 4.79 Å². The SMILES string of the molecule is CN(CC(F)(F)F)C(=O)c1cccc(/C(N)=N/O)c1. The van der Waals surface area contributed by atoms with Crippen molar-refractivity contribution in [2.24, 2.45) is 10.9 Å². The van der Waals surface area contributed by atoms with Gasteiger partial charge in [0.2, 0.25) is 0 Å². The number of alkyl halides is 3. The first-order chi connectivity index (χ1) is 8.74. The number of carbonyl (C=O) groups excluding carboxylic acids is 1.